The first-order valence-electron chi connectivity index (χ1n) is 6.19. The van der Waals surface area contributed by atoms with Crippen LogP contribution in [0.4, 0.5) is 0 Å². The molecular formula is C13H17N3O3. The van der Waals surface area contributed by atoms with Gasteiger partial charge in [-0.05, 0) is 18.6 Å². The molecule has 0 aliphatic carbocycles. The molecule has 1 fully saturated rings. The molecule has 1 aliphatic heterocycles. The summed E-state index contributed by atoms with van der Waals surface area (Å²) in [5.41, 5.74) is 0.464. The van der Waals surface area contributed by atoms with Gasteiger partial charge in [-0.15, -0.1) is 0 Å². The molecule has 6 nitrogen and oxygen atoms in total. The van der Waals surface area contributed by atoms with Crippen molar-refractivity contribution in [1.82, 2.24) is 16.0 Å². The summed E-state index contributed by atoms with van der Waals surface area (Å²) in [7, 11) is 0. The van der Waals surface area contributed by atoms with Crippen LogP contribution >= 0.6 is 0 Å². The van der Waals surface area contributed by atoms with Gasteiger partial charge in [-0.3, -0.25) is 4.79 Å². The van der Waals surface area contributed by atoms with E-state index in [2.05, 4.69) is 16.0 Å². The summed E-state index contributed by atoms with van der Waals surface area (Å²) < 4.78 is 0. The van der Waals surface area contributed by atoms with Crippen LogP contribution in [-0.2, 0) is 4.79 Å². The van der Waals surface area contributed by atoms with E-state index in [0.29, 0.717) is 25.2 Å². The Hall–Kier alpha value is -1.92. The van der Waals surface area contributed by atoms with Gasteiger partial charge in [0.1, 0.15) is 6.04 Å². The lowest BCUT2D eigenvalue weighted by molar-refractivity contribution is -0.139. The molecule has 2 atom stereocenters. The zero-order valence-corrected chi connectivity index (χ0v) is 10.4. The van der Waals surface area contributed by atoms with E-state index < -0.39 is 12.0 Å². The average Bonchev–Trinajstić information content (AvgIpc) is 2.91. The molecule has 4 N–H and O–H groups in total. The molecule has 0 saturated carbocycles. The van der Waals surface area contributed by atoms with Gasteiger partial charge >= 0.3 is 5.97 Å². The maximum absolute atomic E-state index is 11.9. The Bertz CT molecular complexity index is 444. The third kappa shape index (κ3) is 3.77. The third-order valence-electron chi connectivity index (χ3n) is 3.07. The van der Waals surface area contributed by atoms with Gasteiger partial charge in [0.2, 0.25) is 0 Å². The minimum absolute atomic E-state index is 0.0668. The Balaban J connectivity index is 1.96. The number of hydrogen-bond donors (Lipinski definition) is 4. The smallest absolute Gasteiger partial charge is 0.326 e. The molecule has 1 aromatic carbocycles. The number of rotatable bonds is 5. The average molecular weight is 263 g/mol. The van der Waals surface area contributed by atoms with Crippen LogP contribution in [0.1, 0.15) is 16.8 Å². The fraction of sp³-hybridized carbons (Fsp3) is 0.385. The minimum atomic E-state index is -1.02. The fourth-order valence-electron chi connectivity index (χ4n) is 2.04. The van der Waals surface area contributed by atoms with Gasteiger partial charge < -0.3 is 21.1 Å². The van der Waals surface area contributed by atoms with Crippen LogP contribution < -0.4 is 16.0 Å². The van der Waals surface area contributed by atoms with Crippen molar-refractivity contribution in [3.8, 4) is 0 Å². The maximum Gasteiger partial charge on any atom is 0.326 e. The van der Waals surface area contributed by atoms with E-state index in [1.165, 1.54) is 0 Å². The Morgan fingerprint density at radius 2 is 2.11 bits per heavy atom. The monoisotopic (exact) mass is 263 g/mol. The number of benzene rings is 1. The lowest BCUT2D eigenvalue weighted by atomic mass is 10.1. The van der Waals surface area contributed by atoms with Crippen molar-refractivity contribution in [2.24, 2.45) is 0 Å². The second-order valence-electron chi connectivity index (χ2n) is 4.50. The van der Waals surface area contributed by atoms with E-state index in [1.54, 1.807) is 30.3 Å². The van der Waals surface area contributed by atoms with Crippen molar-refractivity contribution in [1.29, 1.82) is 0 Å². The predicted octanol–water partition coefficient (Wildman–Crippen LogP) is -0.221. The van der Waals surface area contributed by atoms with Crippen LogP contribution in [-0.4, -0.2) is 42.3 Å². The van der Waals surface area contributed by atoms with Crippen LogP contribution in [0.15, 0.2) is 30.3 Å². The normalized spacial score (nSPS) is 19.9. The molecule has 19 heavy (non-hydrogen) atoms. The van der Waals surface area contributed by atoms with E-state index in [4.69, 9.17) is 5.11 Å². The summed E-state index contributed by atoms with van der Waals surface area (Å²) in [4.78, 5) is 23.1. The first kappa shape index (κ1) is 13.5. The number of carbonyl (C=O) groups excluding carboxylic acids is 1. The van der Waals surface area contributed by atoms with E-state index in [-0.39, 0.29) is 11.9 Å². The van der Waals surface area contributed by atoms with Gasteiger partial charge in [0.15, 0.2) is 0 Å². The molecule has 2 rings (SSSR count). The Labute approximate surface area is 111 Å². The minimum Gasteiger partial charge on any atom is -0.480 e. The number of aliphatic carboxylic acids is 1. The highest BCUT2D eigenvalue weighted by molar-refractivity contribution is 5.96. The summed E-state index contributed by atoms with van der Waals surface area (Å²) in [6, 6.07) is 7.79. The molecule has 1 heterocycles. The first-order chi connectivity index (χ1) is 9.16. The fourth-order valence-corrected chi connectivity index (χ4v) is 2.04. The summed E-state index contributed by atoms with van der Waals surface area (Å²) in [6.07, 6.45) is 0.362. The van der Waals surface area contributed by atoms with Crippen molar-refractivity contribution in [3.63, 3.8) is 0 Å². The Kier molecular flexibility index (Phi) is 4.48. The zero-order valence-electron chi connectivity index (χ0n) is 10.4. The van der Waals surface area contributed by atoms with Gasteiger partial charge in [-0.25, -0.2) is 4.79 Å². The number of carbonyl (C=O) groups is 2. The molecule has 0 aromatic heterocycles. The predicted molar refractivity (Wildman–Crippen MR) is 69.7 cm³/mol. The molecule has 1 amide bonds. The number of hydrogen-bond acceptors (Lipinski definition) is 4. The molecule has 1 aliphatic rings. The molecule has 102 valence electrons. The van der Waals surface area contributed by atoms with Gasteiger partial charge in [-0.1, -0.05) is 18.2 Å². The molecule has 6 heteroatoms. The summed E-state index contributed by atoms with van der Waals surface area (Å²) >= 11 is 0. The van der Waals surface area contributed by atoms with Gasteiger partial charge in [0.25, 0.3) is 5.91 Å². The molecule has 0 bridgehead atoms. The lowest BCUT2D eigenvalue weighted by Crippen LogP contribution is -2.45. The number of carboxylic acid groups (broad SMARTS) is 1. The lowest BCUT2D eigenvalue weighted by Gasteiger charge is -2.18. The van der Waals surface area contributed by atoms with Gasteiger partial charge in [0.05, 0.1) is 0 Å². The second-order valence-corrected chi connectivity index (χ2v) is 4.50. The highest BCUT2D eigenvalue weighted by Gasteiger charge is 2.26. The summed E-state index contributed by atoms with van der Waals surface area (Å²) in [6.45, 7) is 1.38. The molecule has 1 saturated heterocycles. The van der Waals surface area contributed by atoms with Crippen LogP contribution in [0.3, 0.4) is 0 Å². The number of amides is 1. The SMILES string of the molecule is O=C(NC(CC1CNCN1)C(=O)O)c1ccccc1. The summed E-state index contributed by atoms with van der Waals surface area (Å²) in [5.74, 6) is -1.38. The van der Waals surface area contributed by atoms with E-state index in [0.717, 1.165) is 0 Å². The van der Waals surface area contributed by atoms with Crippen LogP contribution in [0.5, 0.6) is 0 Å². The first-order valence-corrected chi connectivity index (χ1v) is 6.19. The van der Waals surface area contributed by atoms with Gasteiger partial charge in [-0.2, -0.15) is 0 Å². The molecule has 0 spiro atoms. The Morgan fingerprint density at radius 1 is 1.37 bits per heavy atom. The van der Waals surface area contributed by atoms with Crippen LogP contribution in [0.2, 0.25) is 0 Å². The maximum atomic E-state index is 11.9. The number of nitrogens with one attached hydrogen (secondary N) is 3. The molecule has 2 unspecified atom stereocenters. The zero-order chi connectivity index (χ0) is 13.7. The molecule has 0 radical (unpaired) electrons. The van der Waals surface area contributed by atoms with Crippen LogP contribution in [0, 0.1) is 0 Å². The van der Waals surface area contributed by atoms with E-state index in [1.807, 2.05) is 0 Å². The molecular weight excluding hydrogens is 246 g/mol. The largest absolute Gasteiger partial charge is 0.480 e. The van der Waals surface area contributed by atoms with Crippen molar-refractivity contribution in [2.45, 2.75) is 18.5 Å². The second kappa shape index (κ2) is 6.31. The van der Waals surface area contributed by atoms with E-state index >= 15 is 0 Å². The van der Waals surface area contributed by atoms with Crippen molar-refractivity contribution < 1.29 is 14.7 Å². The van der Waals surface area contributed by atoms with Crippen molar-refractivity contribution in [3.05, 3.63) is 35.9 Å². The highest BCUT2D eigenvalue weighted by atomic mass is 16.4. The highest BCUT2D eigenvalue weighted by Crippen LogP contribution is 2.04. The van der Waals surface area contributed by atoms with Crippen LogP contribution in [0.25, 0.3) is 0 Å². The third-order valence-corrected chi connectivity index (χ3v) is 3.07. The standard InChI is InChI=1S/C13H17N3O3/c17-12(9-4-2-1-3-5-9)16-11(13(18)19)6-10-7-14-8-15-10/h1-5,10-11,14-15H,6-8H2,(H,16,17)(H,18,19). The molecule has 1 aromatic rings. The van der Waals surface area contributed by atoms with E-state index in [9.17, 15) is 9.59 Å². The van der Waals surface area contributed by atoms with Crippen molar-refractivity contribution in [2.75, 3.05) is 13.2 Å². The van der Waals surface area contributed by atoms with Gasteiger partial charge in [0, 0.05) is 24.8 Å². The quantitative estimate of drug-likeness (QED) is 0.589. The topological polar surface area (TPSA) is 90.5 Å². The Morgan fingerprint density at radius 3 is 2.68 bits per heavy atom. The van der Waals surface area contributed by atoms with Crippen molar-refractivity contribution >= 4 is 11.9 Å². The summed E-state index contributed by atoms with van der Waals surface area (Å²) in [5, 5.41) is 17.9. The number of carboxylic acids is 1.